The number of pyridine rings is 1. The van der Waals surface area contributed by atoms with E-state index in [1.165, 1.54) is 5.56 Å². The number of fused-ring (bicyclic) bond motifs is 1. The maximum atomic E-state index is 11.5. The van der Waals surface area contributed by atoms with E-state index >= 15 is 0 Å². The molecule has 22 heavy (non-hydrogen) atoms. The number of carboxylic acid groups (broad SMARTS) is 1. The second-order valence-electron chi connectivity index (χ2n) is 5.41. The van der Waals surface area contributed by atoms with Crippen molar-refractivity contribution >= 4 is 16.9 Å². The molecule has 0 aliphatic rings. The number of hydrogen-bond acceptors (Lipinski definition) is 3. The van der Waals surface area contributed by atoms with Crippen molar-refractivity contribution in [2.24, 2.45) is 0 Å². The predicted molar refractivity (Wildman–Crippen MR) is 85.6 cm³/mol. The fourth-order valence-corrected chi connectivity index (χ4v) is 2.57. The van der Waals surface area contributed by atoms with Crippen LogP contribution in [0.1, 0.15) is 28.4 Å². The molecule has 1 aromatic heterocycles. The molecule has 0 fully saturated rings. The number of rotatable bonds is 3. The zero-order valence-electron chi connectivity index (χ0n) is 12.6. The van der Waals surface area contributed by atoms with E-state index in [0.717, 1.165) is 17.5 Å². The molecule has 3 rings (SSSR count). The van der Waals surface area contributed by atoms with Gasteiger partial charge in [-0.15, -0.1) is 0 Å². The monoisotopic (exact) mass is 290 g/mol. The number of benzene rings is 2. The highest BCUT2D eigenvalue weighted by Gasteiger charge is 2.09. The van der Waals surface area contributed by atoms with E-state index in [0.29, 0.717) is 16.6 Å². The highest BCUT2D eigenvalue weighted by molar-refractivity contribution is 6.03. The Labute approximate surface area is 129 Å². The molecule has 0 saturated carbocycles. The van der Waals surface area contributed by atoms with Gasteiger partial charge in [0.1, 0.15) is 0 Å². The van der Waals surface area contributed by atoms with Gasteiger partial charge in [0, 0.05) is 16.5 Å². The van der Waals surface area contributed by atoms with Crippen molar-refractivity contribution < 1.29 is 9.90 Å². The number of carbonyl (C=O) groups is 1. The van der Waals surface area contributed by atoms with Crippen LogP contribution in [0.15, 0.2) is 48.5 Å². The smallest absolute Gasteiger partial charge is 0.0722 e. The van der Waals surface area contributed by atoms with E-state index in [1.54, 1.807) is 6.07 Å². The van der Waals surface area contributed by atoms with Crippen LogP contribution < -0.4 is 5.11 Å². The summed E-state index contributed by atoms with van der Waals surface area (Å²) < 4.78 is 0. The normalized spacial score (nSPS) is 10.8. The zero-order valence-corrected chi connectivity index (χ0v) is 12.6. The van der Waals surface area contributed by atoms with Crippen LogP contribution in [0.5, 0.6) is 0 Å². The lowest BCUT2D eigenvalue weighted by atomic mass is 10.0. The second-order valence-corrected chi connectivity index (χ2v) is 5.41. The molecule has 0 aliphatic heterocycles. The van der Waals surface area contributed by atoms with Crippen molar-refractivity contribution in [3.63, 3.8) is 0 Å². The van der Waals surface area contributed by atoms with Crippen LogP contribution >= 0.6 is 0 Å². The summed E-state index contributed by atoms with van der Waals surface area (Å²) in [6.45, 7) is 4.02. The minimum Gasteiger partial charge on any atom is -0.545 e. The molecule has 2 aromatic carbocycles. The molecule has 3 heteroatoms. The third kappa shape index (κ3) is 2.58. The van der Waals surface area contributed by atoms with E-state index in [-0.39, 0.29) is 5.56 Å². The highest BCUT2D eigenvalue weighted by Crippen LogP contribution is 2.25. The van der Waals surface area contributed by atoms with E-state index in [2.05, 4.69) is 11.9 Å². The summed E-state index contributed by atoms with van der Waals surface area (Å²) in [5.41, 5.74) is 4.64. The molecule has 3 nitrogen and oxygen atoms in total. The average molecular weight is 290 g/mol. The Morgan fingerprint density at radius 2 is 1.82 bits per heavy atom. The Balaban J connectivity index is 2.21. The molecule has 0 saturated heterocycles. The van der Waals surface area contributed by atoms with Gasteiger partial charge in [-0.1, -0.05) is 42.8 Å². The summed E-state index contributed by atoms with van der Waals surface area (Å²) in [6, 6.07) is 15.2. The van der Waals surface area contributed by atoms with Crippen LogP contribution in [0.2, 0.25) is 0 Å². The minimum absolute atomic E-state index is 0.184. The first kappa shape index (κ1) is 14.3. The summed E-state index contributed by atoms with van der Waals surface area (Å²) >= 11 is 0. The van der Waals surface area contributed by atoms with Crippen molar-refractivity contribution in [3.8, 4) is 11.3 Å². The lowest BCUT2D eigenvalue weighted by Crippen LogP contribution is -2.22. The number of carbonyl (C=O) groups excluding carboxylic acids is 1. The molecule has 0 unspecified atom stereocenters. The van der Waals surface area contributed by atoms with E-state index in [1.807, 2.05) is 49.4 Å². The van der Waals surface area contributed by atoms with Gasteiger partial charge in [-0.3, -0.25) is 0 Å². The van der Waals surface area contributed by atoms with Crippen LogP contribution in [0.3, 0.4) is 0 Å². The molecule has 0 radical (unpaired) electrons. The Morgan fingerprint density at radius 3 is 2.45 bits per heavy atom. The van der Waals surface area contributed by atoms with Gasteiger partial charge in [-0.2, -0.15) is 0 Å². The number of nitrogens with zero attached hydrogens (tertiary/aromatic N) is 1. The summed E-state index contributed by atoms with van der Waals surface area (Å²) in [4.78, 5) is 16.1. The summed E-state index contributed by atoms with van der Waals surface area (Å²) in [5.74, 6) is -1.18. The fourth-order valence-electron chi connectivity index (χ4n) is 2.57. The van der Waals surface area contributed by atoms with E-state index in [4.69, 9.17) is 0 Å². The molecule has 0 spiro atoms. The van der Waals surface area contributed by atoms with Crippen molar-refractivity contribution in [3.05, 3.63) is 65.2 Å². The van der Waals surface area contributed by atoms with Gasteiger partial charge in [-0.05, 0) is 37.1 Å². The van der Waals surface area contributed by atoms with Crippen LogP contribution in [-0.4, -0.2) is 11.0 Å². The Kier molecular flexibility index (Phi) is 3.63. The standard InChI is InChI=1S/C19H17NO2/c1-3-13-5-7-14(8-6-13)18-11-16(19(21)22)15-10-12(2)4-9-17(15)20-18/h4-11H,3H2,1-2H3,(H,21,22)/p-1. The van der Waals surface area contributed by atoms with Crippen LogP contribution in [0.25, 0.3) is 22.2 Å². The molecular weight excluding hydrogens is 274 g/mol. The first-order valence-corrected chi connectivity index (χ1v) is 7.30. The van der Waals surface area contributed by atoms with Gasteiger partial charge in [0.05, 0.1) is 17.2 Å². The number of aromatic nitrogens is 1. The molecule has 0 aliphatic carbocycles. The Bertz CT molecular complexity index is 851. The number of hydrogen-bond donors (Lipinski definition) is 0. The van der Waals surface area contributed by atoms with Crippen molar-refractivity contribution in [1.82, 2.24) is 4.98 Å². The van der Waals surface area contributed by atoms with E-state index in [9.17, 15) is 9.90 Å². The van der Waals surface area contributed by atoms with Crippen LogP contribution in [0.4, 0.5) is 0 Å². The fraction of sp³-hybridized carbons (Fsp3) is 0.158. The molecule has 110 valence electrons. The van der Waals surface area contributed by atoms with Crippen LogP contribution in [-0.2, 0) is 6.42 Å². The summed E-state index contributed by atoms with van der Waals surface area (Å²) in [5, 5.41) is 12.1. The molecular formula is C19H16NO2-. The largest absolute Gasteiger partial charge is 0.545 e. The lowest BCUT2D eigenvalue weighted by molar-refractivity contribution is -0.254. The minimum atomic E-state index is -1.18. The van der Waals surface area contributed by atoms with Gasteiger partial charge >= 0.3 is 0 Å². The summed E-state index contributed by atoms with van der Waals surface area (Å²) in [7, 11) is 0. The van der Waals surface area contributed by atoms with Gasteiger partial charge in [0.2, 0.25) is 0 Å². The maximum absolute atomic E-state index is 11.5. The second kappa shape index (κ2) is 5.60. The lowest BCUT2D eigenvalue weighted by Gasteiger charge is -2.11. The number of aryl methyl sites for hydroxylation is 2. The highest BCUT2D eigenvalue weighted by atomic mass is 16.4. The molecule has 0 N–H and O–H groups in total. The van der Waals surface area contributed by atoms with E-state index < -0.39 is 5.97 Å². The van der Waals surface area contributed by atoms with Gasteiger partial charge in [-0.25, -0.2) is 4.98 Å². The molecule has 1 heterocycles. The van der Waals surface area contributed by atoms with Crippen LogP contribution in [0, 0.1) is 6.92 Å². The number of aromatic carboxylic acids is 1. The van der Waals surface area contributed by atoms with Crippen molar-refractivity contribution in [2.45, 2.75) is 20.3 Å². The SMILES string of the molecule is CCc1ccc(-c2cc(C(=O)[O-])c3cc(C)ccc3n2)cc1. The summed E-state index contributed by atoms with van der Waals surface area (Å²) in [6.07, 6.45) is 0.967. The van der Waals surface area contributed by atoms with Crippen molar-refractivity contribution in [2.75, 3.05) is 0 Å². The molecule has 0 amide bonds. The third-order valence-corrected chi connectivity index (χ3v) is 3.84. The van der Waals surface area contributed by atoms with Gasteiger partial charge in [0.15, 0.2) is 0 Å². The maximum Gasteiger partial charge on any atom is 0.0722 e. The average Bonchev–Trinajstić information content (AvgIpc) is 2.53. The quantitative estimate of drug-likeness (QED) is 0.744. The Hall–Kier alpha value is -2.68. The Morgan fingerprint density at radius 1 is 1.09 bits per heavy atom. The third-order valence-electron chi connectivity index (χ3n) is 3.84. The zero-order chi connectivity index (χ0) is 15.7. The van der Waals surface area contributed by atoms with Gasteiger partial charge < -0.3 is 9.90 Å². The first-order chi connectivity index (χ1) is 10.6. The molecule has 0 atom stereocenters. The number of carboxylic acids is 1. The molecule has 3 aromatic rings. The molecule has 0 bridgehead atoms. The topological polar surface area (TPSA) is 53.0 Å². The first-order valence-electron chi connectivity index (χ1n) is 7.30. The van der Waals surface area contributed by atoms with Gasteiger partial charge in [0.25, 0.3) is 0 Å². The van der Waals surface area contributed by atoms with Crippen molar-refractivity contribution in [1.29, 1.82) is 0 Å². The predicted octanol–water partition coefficient (Wildman–Crippen LogP) is 3.14.